The fraction of sp³-hybridized carbons (Fsp3) is 0.952. The Balaban J connectivity index is 4.25. The van der Waals surface area contributed by atoms with E-state index in [-0.39, 0.29) is 31.1 Å². The average Bonchev–Trinajstić information content (AvgIpc) is 3.32. The summed E-state index contributed by atoms with van der Waals surface area (Å²) >= 11 is 0. The molecule has 0 heterocycles. The van der Waals surface area contributed by atoms with Crippen LogP contribution in [-0.2, 0) is 28.6 Å². The van der Waals surface area contributed by atoms with Crippen molar-refractivity contribution in [3.05, 3.63) is 0 Å². The van der Waals surface area contributed by atoms with E-state index in [4.69, 9.17) is 14.2 Å². The van der Waals surface area contributed by atoms with Gasteiger partial charge in [0.2, 0.25) is 0 Å². The molecule has 404 valence electrons. The second-order valence-electron chi connectivity index (χ2n) is 22.1. The summed E-state index contributed by atoms with van der Waals surface area (Å²) < 4.78 is 16.9. The largest absolute Gasteiger partial charge is 0.462 e. The van der Waals surface area contributed by atoms with E-state index < -0.39 is 6.10 Å². The molecule has 0 rings (SSSR count). The van der Waals surface area contributed by atoms with Crippen molar-refractivity contribution in [2.45, 2.75) is 355 Å². The van der Waals surface area contributed by atoms with Crippen LogP contribution < -0.4 is 0 Å². The first-order valence-corrected chi connectivity index (χ1v) is 30.8. The Bertz CT molecular complexity index is 1040. The van der Waals surface area contributed by atoms with Crippen LogP contribution in [0, 0.1) is 11.8 Å². The minimum Gasteiger partial charge on any atom is -0.462 e. The van der Waals surface area contributed by atoms with E-state index in [0.717, 1.165) is 69.6 Å². The van der Waals surface area contributed by atoms with Crippen LogP contribution in [0.1, 0.15) is 349 Å². The highest BCUT2D eigenvalue weighted by Crippen LogP contribution is 2.19. The summed E-state index contributed by atoms with van der Waals surface area (Å²) in [5.74, 6) is 0.892. The maximum atomic E-state index is 12.9. The molecule has 6 heteroatoms. The van der Waals surface area contributed by atoms with Crippen molar-refractivity contribution in [2.75, 3.05) is 13.2 Å². The zero-order valence-corrected chi connectivity index (χ0v) is 46.7. The summed E-state index contributed by atoms with van der Waals surface area (Å²) in [7, 11) is 0. The van der Waals surface area contributed by atoms with E-state index in [9.17, 15) is 14.4 Å². The number of rotatable bonds is 56. The van der Waals surface area contributed by atoms with Gasteiger partial charge < -0.3 is 14.2 Å². The molecule has 6 nitrogen and oxygen atoms in total. The Kier molecular flexibility index (Phi) is 53.5. The fourth-order valence-electron chi connectivity index (χ4n) is 9.55. The van der Waals surface area contributed by atoms with Crippen molar-refractivity contribution < 1.29 is 28.6 Å². The normalized spacial score (nSPS) is 12.4. The van der Waals surface area contributed by atoms with Gasteiger partial charge in [-0.15, -0.1) is 0 Å². The molecular formula is C62H120O6. The van der Waals surface area contributed by atoms with Crippen LogP contribution >= 0.6 is 0 Å². The highest BCUT2D eigenvalue weighted by Gasteiger charge is 2.19. The van der Waals surface area contributed by atoms with Gasteiger partial charge in [-0.2, -0.15) is 0 Å². The molecular weight excluding hydrogens is 841 g/mol. The molecule has 0 aromatic rings. The molecule has 68 heavy (non-hydrogen) atoms. The van der Waals surface area contributed by atoms with Gasteiger partial charge in [-0.25, -0.2) is 0 Å². The monoisotopic (exact) mass is 961 g/mol. The third kappa shape index (κ3) is 53.8. The van der Waals surface area contributed by atoms with Crippen molar-refractivity contribution >= 4 is 17.9 Å². The summed E-state index contributed by atoms with van der Waals surface area (Å²) in [5, 5.41) is 0. The van der Waals surface area contributed by atoms with Crippen LogP contribution in [-0.4, -0.2) is 37.2 Å². The minimum atomic E-state index is -0.763. The number of unbranched alkanes of at least 4 members (excludes halogenated alkanes) is 40. The van der Waals surface area contributed by atoms with Gasteiger partial charge in [0.05, 0.1) is 0 Å². The molecule has 0 bridgehead atoms. The first-order chi connectivity index (χ1) is 33.3. The van der Waals surface area contributed by atoms with E-state index in [1.54, 1.807) is 0 Å². The molecule has 0 aromatic heterocycles. The molecule has 0 aliphatic rings. The molecule has 0 saturated heterocycles. The molecule has 0 spiro atoms. The Hall–Kier alpha value is -1.59. The maximum absolute atomic E-state index is 12.9. The van der Waals surface area contributed by atoms with Crippen molar-refractivity contribution in [3.8, 4) is 0 Å². The minimum absolute atomic E-state index is 0.0623. The van der Waals surface area contributed by atoms with Crippen LogP contribution in [0.5, 0.6) is 0 Å². The van der Waals surface area contributed by atoms with E-state index >= 15 is 0 Å². The van der Waals surface area contributed by atoms with Gasteiger partial charge in [0, 0.05) is 19.3 Å². The summed E-state index contributed by atoms with van der Waals surface area (Å²) in [6.07, 6.45) is 59.5. The second-order valence-corrected chi connectivity index (χ2v) is 22.1. The number of hydrogen-bond acceptors (Lipinski definition) is 6. The van der Waals surface area contributed by atoms with Crippen LogP contribution in [0.4, 0.5) is 0 Å². The predicted octanol–water partition coefficient (Wildman–Crippen LogP) is 20.4. The third-order valence-electron chi connectivity index (χ3n) is 14.6. The van der Waals surface area contributed by atoms with E-state index in [1.807, 2.05) is 0 Å². The van der Waals surface area contributed by atoms with Crippen LogP contribution in [0.15, 0.2) is 0 Å². The lowest BCUT2D eigenvalue weighted by atomic mass is 9.99. The quantitative estimate of drug-likeness (QED) is 0.0343. The Morgan fingerprint density at radius 2 is 0.559 bits per heavy atom. The number of ether oxygens (including phenoxy) is 3. The van der Waals surface area contributed by atoms with Crippen LogP contribution in [0.25, 0.3) is 0 Å². The first-order valence-electron chi connectivity index (χ1n) is 30.8. The average molecular weight is 962 g/mol. The third-order valence-corrected chi connectivity index (χ3v) is 14.6. The van der Waals surface area contributed by atoms with Gasteiger partial charge in [-0.1, -0.05) is 311 Å². The van der Waals surface area contributed by atoms with Crippen molar-refractivity contribution in [1.82, 2.24) is 0 Å². The summed E-state index contributed by atoms with van der Waals surface area (Å²) in [6.45, 7) is 11.5. The second kappa shape index (κ2) is 54.7. The Morgan fingerprint density at radius 1 is 0.309 bits per heavy atom. The molecule has 0 radical (unpaired) electrons. The van der Waals surface area contributed by atoms with E-state index in [2.05, 4.69) is 34.6 Å². The molecule has 1 unspecified atom stereocenters. The van der Waals surface area contributed by atoms with Crippen LogP contribution in [0.2, 0.25) is 0 Å². The molecule has 2 atom stereocenters. The fourth-order valence-corrected chi connectivity index (χ4v) is 9.55. The highest BCUT2D eigenvalue weighted by molar-refractivity contribution is 5.71. The van der Waals surface area contributed by atoms with Crippen molar-refractivity contribution in [1.29, 1.82) is 0 Å². The van der Waals surface area contributed by atoms with Gasteiger partial charge in [-0.3, -0.25) is 14.4 Å². The molecule has 0 aromatic carbocycles. The lowest BCUT2D eigenvalue weighted by molar-refractivity contribution is -0.167. The maximum Gasteiger partial charge on any atom is 0.306 e. The highest BCUT2D eigenvalue weighted by atomic mass is 16.6. The number of carbonyl (C=O) groups excluding carboxylic acids is 3. The van der Waals surface area contributed by atoms with Crippen molar-refractivity contribution in [3.63, 3.8) is 0 Å². The standard InChI is InChI=1S/C62H120O6/c1-6-8-9-10-11-12-13-14-19-23-26-32-37-42-47-52-60(63)66-55-59(56-67-61(64)53-48-43-38-33-29-28-30-35-40-45-50-57(3)4)68-62(65)54-49-44-39-34-27-24-21-18-16-15-17-20-22-25-31-36-41-46-51-58(5)7-2/h57-59H,6-56H2,1-5H3/t58?,59-/m1/s1. The number of hydrogen-bond donors (Lipinski definition) is 0. The number of esters is 3. The lowest BCUT2D eigenvalue weighted by Crippen LogP contribution is -2.30. The Morgan fingerprint density at radius 3 is 0.838 bits per heavy atom. The van der Waals surface area contributed by atoms with Gasteiger partial charge in [-0.05, 0) is 31.1 Å². The SMILES string of the molecule is CCCCCCCCCCCCCCCCCC(=O)OC[C@H](COC(=O)CCCCCCCCCCCCC(C)C)OC(=O)CCCCCCCCCCCCCCCCCCCCC(C)CC. The first kappa shape index (κ1) is 66.4. The Labute approximate surface area is 425 Å². The van der Waals surface area contributed by atoms with Gasteiger partial charge in [0.25, 0.3) is 0 Å². The summed E-state index contributed by atoms with van der Waals surface area (Å²) in [5.41, 5.74) is 0. The van der Waals surface area contributed by atoms with Gasteiger partial charge in [0.1, 0.15) is 13.2 Å². The van der Waals surface area contributed by atoms with Gasteiger partial charge in [0.15, 0.2) is 6.10 Å². The smallest absolute Gasteiger partial charge is 0.306 e. The lowest BCUT2D eigenvalue weighted by Gasteiger charge is -2.18. The van der Waals surface area contributed by atoms with Crippen molar-refractivity contribution in [2.24, 2.45) is 11.8 Å². The summed E-state index contributed by atoms with van der Waals surface area (Å²) in [6, 6.07) is 0. The topological polar surface area (TPSA) is 78.9 Å². The molecule has 0 aliphatic heterocycles. The zero-order valence-electron chi connectivity index (χ0n) is 46.7. The van der Waals surface area contributed by atoms with Gasteiger partial charge >= 0.3 is 17.9 Å². The molecule has 0 saturated carbocycles. The van der Waals surface area contributed by atoms with E-state index in [1.165, 1.54) is 238 Å². The number of carbonyl (C=O) groups is 3. The zero-order chi connectivity index (χ0) is 49.6. The predicted molar refractivity (Wildman–Crippen MR) is 293 cm³/mol. The van der Waals surface area contributed by atoms with Crippen LogP contribution in [0.3, 0.4) is 0 Å². The molecule has 0 fully saturated rings. The molecule has 0 amide bonds. The molecule has 0 N–H and O–H groups in total. The molecule has 0 aliphatic carbocycles. The summed E-state index contributed by atoms with van der Waals surface area (Å²) in [4.78, 5) is 38.2. The van der Waals surface area contributed by atoms with E-state index in [0.29, 0.717) is 19.3 Å².